The van der Waals surface area contributed by atoms with Crippen molar-refractivity contribution in [2.75, 3.05) is 0 Å². The van der Waals surface area contributed by atoms with Crippen LogP contribution in [0.25, 0.3) is 0 Å². The molecule has 19 heavy (non-hydrogen) atoms. The number of hydrogen-bond acceptors (Lipinski definition) is 3. The Morgan fingerprint density at radius 3 is 2.53 bits per heavy atom. The Bertz CT molecular complexity index is 370. The van der Waals surface area contributed by atoms with Crippen molar-refractivity contribution in [2.24, 2.45) is 5.92 Å². The molecule has 1 rings (SSSR count). The monoisotopic (exact) mass is 284 g/mol. The Morgan fingerprint density at radius 2 is 2.16 bits per heavy atom. The van der Waals surface area contributed by atoms with Crippen LogP contribution in [0, 0.1) is 5.92 Å². The molecular weight excluding hydrogens is 256 g/mol. The number of rotatable bonds is 5. The molecule has 1 saturated heterocycles. The maximum atomic E-state index is 11.8. The van der Waals surface area contributed by atoms with Crippen LogP contribution in [-0.2, 0) is 9.53 Å². The Morgan fingerprint density at radius 1 is 1.58 bits per heavy atom. The zero-order valence-corrected chi connectivity index (χ0v) is 14.1. The molecule has 1 N–H and O–H groups in total. The molecule has 1 heterocycles. The van der Waals surface area contributed by atoms with Crippen LogP contribution in [0.5, 0.6) is 0 Å². The first-order valence-electron chi connectivity index (χ1n) is 7.19. The Balaban J connectivity index is 3.04. The number of aliphatic hydroxyl groups excluding tert-OH is 1. The molecule has 0 aromatic heterocycles. The van der Waals surface area contributed by atoms with Crippen molar-refractivity contribution in [3.63, 3.8) is 0 Å². The van der Waals surface area contributed by atoms with Crippen molar-refractivity contribution >= 4 is 14.0 Å². The second-order valence-electron chi connectivity index (χ2n) is 7.14. The molecule has 0 aromatic rings. The fourth-order valence-corrected chi connectivity index (χ4v) is 5.04. The lowest BCUT2D eigenvalue weighted by atomic mass is 9.93. The summed E-state index contributed by atoms with van der Waals surface area (Å²) in [5.74, 6) is -0.146. The van der Waals surface area contributed by atoms with Gasteiger partial charge in [0.25, 0.3) is 0 Å². The third-order valence-corrected chi connectivity index (χ3v) is 5.25. The largest absolute Gasteiger partial charge is 0.455 e. The lowest BCUT2D eigenvalue weighted by Gasteiger charge is -2.32. The van der Waals surface area contributed by atoms with Gasteiger partial charge in [-0.15, -0.1) is 0 Å². The van der Waals surface area contributed by atoms with Crippen molar-refractivity contribution in [1.82, 2.24) is 0 Å². The van der Waals surface area contributed by atoms with Crippen LogP contribution >= 0.6 is 0 Å². The minimum absolute atomic E-state index is 0.0424. The van der Waals surface area contributed by atoms with Gasteiger partial charge < -0.3 is 9.84 Å². The first-order chi connectivity index (χ1) is 8.58. The summed E-state index contributed by atoms with van der Waals surface area (Å²) >= 11 is 0. The number of ether oxygens (including phenoxy) is 1. The minimum Gasteiger partial charge on any atom is -0.455 e. The average Bonchev–Trinajstić information content (AvgIpc) is 2.49. The van der Waals surface area contributed by atoms with Crippen molar-refractivity contribution < 1.29 is 14.6 Å². The van der Waals surface area contributed by atoms with E-state index in [9.17, 15) is 9.90 Å². The normalized spacial score (nSPS) is 30.4. The molecule has 4 heteroatoms. The van der Waals surface area contributed by atoms with E-state index in [0.717, 1.165) is 18.0 Å². The second-order valence-corrected chi connectivity index (χ2v) is 12.6. The molecule has 3 nitrogen and oxygen atoms in total. The number of carbonyl (C=O) groups is 1. The van der Waals surface area contributed by atoms with Gasteiger partial charge in [0.2, 0.25) is 0 Å². The molecule has 0 bridgehead atoms. The third-order valence-electron chi connectivity index (χ3n) is 3.59. The maximum Gasteiger partial charge on any atom is 0.309 e. The van der Waals surface area contributed by atoms with E-state index in [2.05, 4.69) is 19.6 Å². The van der Waals surface area contributed by atoms with Crippen LogP contribution in [0.1, 0.15) is 33.6 Å². The Hall–Kier alpha value is -0.613. The Kier molecular flexibility index (Phi) is 5.01. The fourth-order valence-electron chi connectivity index (χ4n) is 2.92. The molecule has 0 aromatic carbocycles. The maximum absolute atomic E-state index is 11.8. The lowest BCUT2D eigenvalue weighted by molar-refractivity contribution is -0.146. The van der Waals surface area contributed by atoms with Crippen LogP contribution in [0.4, 0.5) is 0 Å². The van der Waals surface area contributed by atoms with Crippen molar-refractivity contribution in [2.45, 2.75) is 71.0 Å². The van der Waals surface area contributed by atoms with E-state index in [1.54, 1.807) is 0 Å². The number of cyclic esters (lactones) is 1. The van der Waals surface area contributed by atoms with E-state index in [0.29, 0.717) is 6.42 Å². The smallest absolute Gasteiger partial charge is 0.309 e. The topological polar surface area (TPSA) is 46.5 Å². The molecular formula is C15H28O3Si. The van der Waals surface area contributed by atoms with Gasteiger partial charge in [-0.1, -0.05) is 33.5 Å². The second kappa shape index (κ2) is 5.79. The third kappa shape index (κ3) is 4.46. The van der Waals surface area contributed by atoms with Gasteiger partial charge in [-0.05, 0) is 31.0 Å². The van der Waals surface area contributed by atoms with Crippen LogP contribution in [0.2, 0.25) is 25.7 Å². The average molecular weight is 284 g/mol. The van der Waals surface area contributed by atoms with Gasteiger partial charge >= 0.3 is 5.97 Å². The summed E-state index contributed by atoms with van der Waals surface area (Å²) in [5.41, 5.74) is 0.434. The number of esters is 1. The quantitative estimate of drug-likeness (QED) is 0.478. The first-order valence-corrected chi connectivity index (χ1v) is 10.9. The van der Waals surface area contributed by atoms with E-state index >= 15 is 0 Å². The number of aliphatic hydroxyl groups is 1. The minimum atomic E-state index is -1.37. The Labute approximate surface area is 118 Å². The molecule has 1 aliphatic rings. The molecule has 3 atom stereocenters. The van der Waals surface area contributed by atoms with E-state index in [1.807, 2.05) is 26.8 Å². The van der Waals surface area contributed by atoms with E-state index < -0.39 is 19.8 Å². The predicted octanol–water partition coefficient (Wildman–Crippen LogP) is 3.36. The summed E-state index contributed by atoms with van der Waals surface area (Å²) in [6, 6.07) is 0.920. The molecule has 0 radical (unpaired) electrons. The van der Waals surface area contributed by atoms with Crippen LogP contribution in [0.3, 0.4) is 0 Å². The highest BCUT2D eigenvalue weighted by Gasteiger charge is 2.45. The SMILES string of the molecule is CC[C@@H](O)/C(C)=C/C1(C[Si](C)(C)C)C[C@H](C)C(=O)O1. The molecule has 1 unspecified atom stereocenters. The van der Waals surface area contributed by atoms with Gasteiger partial charge in [0, 0.05) is 14.5 Å². The van der Waals surface area contributed by atoms with E-state index in [4.69, 9.17) is 4.74 Å². The molecule has 1 aliphatic heterocycles. The number of hydrogen-bond donors (Lipinski definition) is 1. The summed E-state index contributed by atoms with van der Waals surface area (Å²) in [5, 5.41) is 9.93. The van der Waals surface area contributed by atoms with Gasteiger partial charge in [0.05, 0.1) is 12.0 Å². The van der Waals surface area contributed by atoms with Crippen LogP contribution < -0.4 is 0 Å². The van der Waals surface area contributed by atoms with E-state index in [1.165, 1.54) is 0 Å². The summed E-state index contributed by atoms with van der Waals surface area (Å²) in [7, 11) is -1.37. The highest BCUT2D eigenvalue weighted by atomic mass is 28.3. The van der Waals surface area contributed by atoms with Crippen molar-refractivity contribution in [3.8, 4) is 0 Å². The van der Waals surface area contributed by atoms with Gasteiger partial charge in [-0.25, -0.2) is 0 Å². The van der Waals surface area contributed by atoms with Crippen LogP contribution in [-0.4, -0.2) is 30.9 Å². The summed E-state index contributed by atoms with van der Waals surface area (Å²) in [4.78, 5) is 11.8. The predicted molar refractivity (Wildman–Crippen MR) is 80.8 cm³/mol. The van der Waals surface area contributed by atoms with E-state index in [-0.39, 0.29) is 11.9 Å². The zero-order valence-electron chi connectivity index (χ0n) is 13.1. The van der Waals surface area contributed by atoms with Gasteiger partial charge in [-0.2, -0.15) is 0 Å². The first kappa shape index (κ1) is 16.4. The molecule has 110 valence electrons. The summed E-state index contributed by atoms with van der Waals surface area (Å²) < 4.78 is 5.71. The fraction of sp³-hybridized carbons (Fsp3) is 0.800. The highest BCUT2D eigenvalue weighted by Crippen LogP contribution is 2.39. The summed E-state index contributed by atoms with van der Waals surface area (Å²) in [6.07, 6.45) is 3.01. The van der Waals surface area contributed by atoms with Crippen molar-refractivity contribution in [3.05, 3.63) is 11.6 Å². The van der Waals surface area contributed by atoms with Gasteiger partial charge in [-0.3, -0.25) is 4.79 Å². The van der Waals surface area contributed by atoms with Crippen molar-refractivity contribution in [1.29, 1.82) is 0 Å². The molecule has 0 spiro atoms. The van der Waals surface area contributed by atoms with Gasteiger partial charge in [0.1, 0.15) is 5.60 Å². The zero-order chi connectivity index (χ0) is 14.8. The van der Waals surface area contributed by atoms with Crippen LogP contribution in [0.15, 0.2) is 11.6 Å². The lowest BCUT2D eigenvalue weighted by Crippen LogP contribution is -2.37. The molecule has 0 saturated carbocycles. The molecule has 1 fully saturated rings. The standard InChI is InChI=1S/C15H28O3Si/c1-7-13(16)11(2)8-15(10-19(4,5)6)9-12(3)14(17)18-15/h8,12-13,16H,7,9-10H2,1-6H3/b11-8+/t12-,13+,15?/m0/s1. The highest BCUT2D eigenvalue weighted by molar-refractivity contribution is 6.76. The van der Waals surface area contributed by atoms with Gasteiger partial charge in [0.15, 0.2) is 0 Å². The summed E-state index contributed by atoms with van der Waals surface area (Å²) in [6.45, 7) is 12.7. The molecule has 0 amide bonds. The number of carbonyl (C=O) groups excluding carboxylic acids is 1. The molecule has 0 aliphatic carbocycles.